The highest BCUT2D eigenvalue weighted by Crippen LogP contribution is 2.44. The molecule has 1 aromatic rings. The Morgan fingerprint density at radius 2 is 2.08 bits per heavy atom. The molecule has 2 saturated heterocycles. The van der Waals surface area contributed by atoms with Crippen molar-refractivity contribution in [3.8, 4) is 5.88 Å². The van der Waals surface area contributed by atoms with E-state index < -0.39 is 57.9 Å². The molecule has 140 valence electrons. The average Bonchev–Trinajstić information content (AvgIpc) is 3.07. The molecular formula is C13H18N3O8S-. The number of imidazole rings is 1. The summed E-state index contributed by atoms with van der Waals surface area (Å²) >= 11 is 0. The fraction of sp³-hybridized carbons (Fsp3) is 0.692. The van der Waals surface area contributed by atoms with E-state index in [1.807, 2.05) is 0 Å². The number of carbonyl (C=O) groups is 1. The Morgan fingerprint density at radius 3 is 2.64 bits per heavy atom. The molecule has 2 aliphatic rings. The molecule has 11 nitrogen and oxygen atoms in total. The first-order valence-corrected chi connectivity index (χ1v) is 9.19. The number of hydrogen-bond acceptors (Lipinski definition) is 9. The lowest BCUT2D eigenvalue weighted by Gasteiger charge is -2.26. The van der Waals surface area contributed by atoms with Gasteiger partial charge in [-0.05, 0) is 19.7 Å². The van der Waals surface area contributed by atoms with Crippen LogP contribution in [-0.4, -0.2) is 60.8 Å². The summed E-state index contributed by atoms with van der Waals surface area (Å²) in [6, 6.07) is 0. The first kappa shape index (κ1) is 18.1. The first-order chi connectivity index (χ1) is 11.5. The van der Waals surface area contributed by atoms with E-state index in [4.69, 9.17) is 24.1 Å². The van der Waals surface area contributed by atoms with Crippen LogP contribution >= 0.6 is 0 Å². The Hall–Kier alpha value is -1.73. The van der Waals surface area contributed by atoms with Crippen molar-refractivity contribution in [2.75, 3.05) is 12.9 Å². The van der Waals surface area contributed by atoms with Gasteiger partial charge in [0, 0.05) is 0 Å². The van der Waals surface area contributed by atoms with Crippen LogP contribution in [0, 0.1) is 0 Å². The van der Waals surface area contributed by atoms with Crippen LogP contribution in [0.3, 0.4) is 0 Å². The van der Waals surface area contributed by atoms with Gasteiger partial charge in [-0.1, -0.05) is 0 Å². The number of ether oxygens (including phenoxy) is 3. The van der Waals surface area contributed by atoms with Crippen molar-refractivity contribution in [2.24, 2.45) is 5.73 Å². The van der Waals surface area contributed by atoms with E-state index in [9.17, 15) is 18.3 Å². The maximum Gasteiger partial charge on any atom is 0.268 e. The minimum Gasteiger partial charge on any atom is -0.858 e. The predicted octanol–water partition coefficient (Wildman–Crippen LogP) is -1.55. The summed E-state index contributed by atoms with van der Waals surface area (Å²) in [5.74, 6) is -2.65. The number of carbonyl (C=O) groups excluding carboxylic acids is 1. The van der Waals surface area contributed by atoms with Crippen LogP contribution in [0.1, 0.15) is 30.6 Å². The zero-order chi connectivity index (χ0) is 18.6. The molecule has 12 heteroatoms. The third-order valence-electron chi connectivity index (χ3n) is 3.83. The number of aromatic nitrogens is 2. The zero-order valence-electron chi connectivity index (χ0n) is 13.7. The highest BCUT2D eigenvalue weighted by molar-refractivity contribution is 7.85. The first-order valence-electron chi connectivity index (χ1n) is 7.37. The second-order valence-electron chi connectivity index (χ2n) is 6.29. The molecule has 1 amide bonds. The van der Waals surface area contributed by atoms with Crippen molar-refractivity contribution in [3.05, 3.63) is 12.0 Å². The number of primary amides is 1. The van der Waals surface area contributed by atoms with Crippen LogP contribution in [0.5, 0.6) is 5.88 Å². The highest BCUT2D eigenvalue weighted by Gasteiger charge is 2.56. The third-order valence-corrected chi connectivity index (χ3v) is 4.39. The Balaban J connectivity index is 1.88. The van der Waals surface area contributed by atoms with Crippen LogP contribution in [0.25, 0.3) is 0 Å². The molecule has 0 saturated carbocycles. The van der Waals surface area contributed by atoms with Crippen molar-refractivity contribution in [1.82, 2.24) is 9.55 Å². The van der Waals surface area contributed by atoms with Crippen LogP contribution in [0.4, 0.5) is 0 Å². The zero-order valence-corrected chi connectivity index (χ0v) is 14.6. The van der Waals surface area contributed by atoms with E-state index >= 15 is 0 Å². The van der Waals surface area contributed by atoms with E-state index in [0.717, 1.165) is 17.2 Å². The van der Waals surface area contributed by atoms with Crippen LogP contribution in [0.15, 0.2) is 6.33 Å². The lowest BCUT2D eigenvalue weighted by atomic mass is 10.1. The van der Waals surface area contributed by atoms with Gasteiger partial charge in [0.25, 0.3) is 16.0 Å². The second kappa shape index (κ2) is 5.92. The van der Waals surface area contributed by atoms with Crippen molar-refractivity contribution < 1.29 is 36.7 Å². The van der Waals surface area contributed by atoms with Gasteiger partial charge in [-0.15, -0.1) is 0 Å². The largest absolute Gasteiger partial charge is 0.858 e. The number of nitrogens with zero attached hydrogens (tertiary/aromatic N) is 2. The van der Waals surface area contributed by atoms with E-state index in [-0.39, 0.29) is 6.61 Å². The number of fused-ring (bicyclic) bond motifs is 1. The van der Waals surface area contributed by atoms with Crippen LogP contribution in [-0.2, 0) is 28.5 Å². The molecule has 2 N–H and O–H groups in total. The topological polar surface area (TPSA) is 155 Å². The van der Waals surface area contributed by atoms with Gasteiger partial charge in [0.1, 0.15) is 24.0 Å². The standard InChI is InChI=1S/C13H19N3O8S/c1-13(2)23-8-6(4-21-25(3,19)20)22-12(9(8)24-13)16-5-15-7(10(14)17)11(16)18/h5-6,8-9,12,18H,4H2,1-3H3,(H2,14,17)/p-1/t6-,8-,9-,12-/m1/s1. The Labute approximate surface area is 143 Å². The lowest BCUT2D eigenvalue weighted by molar-refractivity contribution is -0.286. The molecule has 2 fully saturated rings. The SMILES string of the molecule is CC1(C)O[C@@H]2[C@H](O1)[C@@H](COS(C)(=O)=O)O[C@H]2n1cnc(C(N)=O)c1[O-]. The maximum absolute atomic E-state index is 12.3. The minimum atomic E-state index is -3.68. The molecule has 25 heavy (non-hydrogen) atoms. The molecule has 2 aliphatic heterocycles. The number of hydrogen-bond donors (Lipinski definition) is 1. The van der Waals surface area contributed by atoms with Crippen molar-refractivity contribution >= 4 is 16.0 Å². The quantitative estimate of drug-likeness (QED) is 0.601. The molecule has 4 atom stereocenters. The van der Waals surface area contributed by atoms with Gasteiger partial charge in [0.05, 0.1) is 19.2 Å². The fourth-order valence-corrected chi connectivity index (χ4v) is 3.29. The molecule has 0 aromatic carbocycles. The molecule has 0 radical (unpaired) electrons. The third kappa shape index (κ3) is 3.48. The van der Waals surface area contributed by atoms with Gasteiger partial charge < -0.3 is 29.6 Å². The summed E-state index contributed by atoms with van der Waals surface area (Å²) < 4.78 is 45.5. The van der Waals surface area contributed by atoms with E-state index in [1.165, 1.54) is 0 Å². The molecule has 0 unspecified atom stereocenters. The smallest absolute Gasteiger partial charge is 0.268 e. The normalized spacial score (nSPS) is 31.2. The van der Waals surface area contributed by atoms with E-state index in [1.54, 1.807) is 13.8 Å². The molecule has 0 spiro atoms. The van der Waals surface area contributed by atoms with Gasteiger partial charge in [0.15, 0.2) is 12.0 Å². The molecule has 0 aliphatic carbocycles. The van der Waals surface area contributed by atoms with Crippen molar-refractivity contribution in [2.45, 2.75) is 44.2 Å². The summed E-state index contributed by atoms with van der Waals surface area (Å²) in [4.78, 5) is 14.9. The molecule has 0 bridgehead atoms. The number of nitrogens with two attached hydrogens (primary N) is 1. The number of rotatable bonds is 5. The molecule has 3 rings (SSSR count). The summed E-state index contributed by atoms with van der Waals surface area (Å²) in [6.45, 7) is 3.05. The van der Waals surface area contributed by atoms with Gasteiger partial charge in [0.2, 0.25) is 0 Å². The fourth-order valence-electron chi connectivity index (χ4n) is 2.91. The van der Waals surface area contributed by atoms with Gasteiger partial charge in [-0.3, -0.25) is 8.98 Å². The Morgan fingerprint density at radius 1 is 1.44 bits per heavy atom. The molecule has 1 aromatic heterocycles. The predicted molar refractivity (Wildman–Crippen MR) is 78.7 cm³/mol. The summed E-state index contributed by atoms with van der Waals surface area (Å²) in [5.41, 5.74) is 4.68. The Bertz CT molecular complexity index is 789. The minimum absolute atomic E-state index is 0.304. The van der Waals surface area contributed by atoms with Crippen LogP contribution < -0.4 is 10.8 Å². The summed E-state index contributed by atoms with van der Waals surface area (Å²) in [5, 5.41) is 12.3. The lowest BCUT2D eigenvalue weighted by Crippen LogP contribution is -2.33. The average molecular weight is 376 g/mol. The molecular weight excluding hydrogens is 358 g/mol. The van der Waals surface area contributed by atoms with E-state index in [0.29, 0.717) is 0 Å². The van der Waals surface area contributed by atoms with Crippen molar-refractivity contribution in [3.63, 3.8) is 0 Å². The van der Waals surface area contributed by atoms with Gasteiger partial charge >= 0.3 is 0 Å². The summed E-state index contributed by atoms with van der Waals surface area (Å²) in [6.07, 6.45) is -1.11. The van der Waals surface area contributed by atoms with Crippen LogP contribution in [0.2, 0.25) is 0 Å². The highest BCUT2D eigenvalue weighted by atomic mass is 32.2. The van der Waals surface area contributed by atoms with Gasteiger partial charge in [-0.25, -0.2) is 4.98 Å². The van der Waals surface area contributed by atoms with E-state index in [2.05, 4.69) is 4.98 Å². The molecule has 3 heterocycles. The monoisotopic (exact) mass is 376 g/mol. The van der Waals surface area contributed by atoms with Gasteiger partial charge in [-0.2, -0.15) is 8.42 Å². The maximum atomic E-state index is 12.3. The second-order valence-corrected chi connectivity index (χ2v) is 7.93. The number of amides is 1. The van der Waals surface area contributed by atoms with Crippen molar-refractivity contribution in [1.29, 1.82) is 0 Å². The Kier molecular flexibility index (Phi) is 4.28. The summed E-state index contributed by atoms with van der Waals surface area (Å²) in [7, 11) is -3.68.